The van der Waals surface area contributed by atoms with Crippen molar-refractivity contribution in [2.45, 2.75) is 25.7 Å². The van der Waals surface area contributed by atoms with Crippen molar-refractivity contribution in [1.29, 1.82) is 0 Å². The average Bonchev–Trinajstić information content (AvgIpc) is 3.08. The first kappa shape index (κ1) is 19.3. The number of aromatic amines is 1. The van der Waals surface area contributed by atoms with Gasteiger partial charge in [-0.05, 0) is 79.0 Å². The summed E-state index contributed by atoms with van der Waals surface area (Å²) >= 11 is 0. The van der Waals surface area contributed by atoms with Crippen molar-refractivity contribution in [1.82, 2.24) is 9.88 Å². The number of benzene rings is 2. The number of likely N-dealkylation sites (tertiary alicyclic amines) is 1. The number of nitrogens with one attached hydrogen (secondary N) is 1. The van der Waals surface area contributed by atoms with E-state index in [2.05, 4.69) is 52.9 Å². The van der Waals surface area contributed by atoms with Gasteiger partial charge in [0.25, 0.3) is 0 Å². The molecule has 2 heterocycles. The molecule has 1 aliphatic carbocycles. The third-order valence-electron chi connectivity index (χ3n) is 6.92. The quantitative estimate of drug-likeness (QED) is 0.598. The SMILES string of the molecule is C=C(O)CN1CCC2Cc3[nH]c4cc(Cc5cccc(OC)c5)ccc4c3CC2C1. The Hall–Kier alpha value is -2.72. The highest BCUT2D eigenvalue weighted by molar-refractivity contribution is 5.85. The normalized spacial score (nSPS) is 21.2. The number of nitrogens with zero attached hydrogens (tertiary/aromatic N) is 1. The van der Waals surface area contributed by atoms with Crippen molar-refractivity contribution in [3.63, 3.8) is 0 Å². The van der Waals surface area contributed by atoms with Crippen molar-refractivity contribution in [2.24, 2.45) is 11.8 Å². The Bertz CT molecular complexity index is 1080. The lowest BCUT2D eigenvalue weighted by Gasteiger charge is -2.41. The molecule has 0 spiro atoms. The fraction of sp³-hybridized carbons (Fsp3) is 0.385. The van der Waals surface area contributed by atoms with Gasteiger partial charge in [-0.25, -0.2) is 0 Å². The van der Waals surface area contributed by atoms with Crippen molar-refractivity contribution in [3.05, 3.63) is 77.2 Å². The van der Waals surface area contributed by atoms with Crippen LogP contribution in [0.4, 0.5) is 0 Å². The van der Waals surface area contributed by atoms with Gasteiger partial charge in [0, 0.05) is 23.1 Å². The lowest BCUT2D eigenvalue weighted by Crippen LogP contribution is -2.44. The predicted octanol–water partition coefficient (Wildman–Crippen LogP) is 4.88. The van der Waals surface area contributed by atoms with Crippen molar-refractivity contribution < 1.29 is 9.84 Å². The van der Waals surface area contributed by atoms with Crippen LogP contribution in [0, 0.1) is 11.8 Å². The van der Waals surface area contributed by atoms with Gasteiger partial charge in [-0.2, -0.15) is 0 Å². The van der Waals surface area contributed by atoms with Gasteiger partial charge < -0.3 is 14.8 Å². The van der Waals surface area contributed by atoms with Crippen LogP contribution in [0.15, 0.2) is 54.8 Å². The Morgan fingerprint density at radius 3 is 2.87 bits per heavy atom. The predicted molar refractivity (Wildman–Crippen MR) is 121 cm³/mol. The third-order valence-corrected chi connectivity index (χ3v) is 6.92. The number of methoxy groups -OCH3 is 1. The molecule has 5 rings (SSSR count). The first-order chi connectivity index (χ1) is 14.6. The highest BCUT2D eigenvalue weighted by Crippen LogP contribution is 2.39. The molecule has 2 aliphatic rings. The molecule has 156 valence electrons. The smallest absolute Gasteiger partial charge is 0.119 e. The molecule has 1 aliphatic heterocycles. The third kappa shape index (κ3) is 3.72. The van der Waals surface area contributed by atoms with E-state index in [-0.39, 0.29) is 5.76 Å². The minimum atomic E-state index is 0.278. The Morgan fingerprint density at radius 1 is 1.17 bits per heavy atom. The Morgan fingerprint density at radius 2 is 2.03 bits per heavy atom. The zero-order chi connectivity index (χ0) is 20.7. The Balaban J connectivity index is 1.38. The number of aliphatic hydroxyl groups excluding tert-OH is 1. The molecule has 2 unspecified atom stereocenters. The molecule has 30 heavy (non-hydrogen) atoms. The minimum absolute atomic E-state index is 0.278. The van der Waals surface area contributed by atoms with E-state index in [1.165, 1.54) is 39.7 Å². The van der Waals surface area contributed by atoms with Gasteiger partial charge in [0.2, 0.25) is 0 Å². The van der Waals surface area contributed by atoms with E-state index in [9.17, 15) is 5.11 Å². The monoisotopic (exact) mass is 402 g/mol. The van der Waals surface area contributed by atoms with E-state index in [4.69, 9.17) is 4.74 Å². The molecule has 2 N–H and O–H groups in total. The minimum Gasteiger partial charge on any atom is -0.512 e. The number of hydrogen-bond acceptors (Lipinski definition) is 3. The highest BCUT2D eigenvalue weighted by atomic mass is 16.5. The molecule has 2 aromatic carbocycles. The van der Waals surface area contributed by atoms with Gasteiger partial charge in [-0.3, -0.25) is 4.90 Å². The number of aliphatic hydroxyl groups is 1. The van der Waals surface area contributed by atoms with Gasteiger partial charge in [0.15, 0.2) is 0 Å². The standard InChI is InChI=1S/C26H30N2O2/c1-17(29)15-28-9-8-20-14-26-24(13-21(20)16-28)23-7-6-19(12-25(23)27-26)10-18-4-3-5-22(11-18)30-2/h3-7,11-12,20-21,27,29H,1,8-10,13-16H2,2H3. The number of aromatic nitrogens is 1. The van der Waals surface area contributed by atoms with E-state index < -0.39 is 0 Å². The van der Waals surface area contributed by atoms with Crippen molar-refractivity contribution >= 4 is 10.9 Å². The number of H-pyrrole nitrogens is 1. The van der Waals surface area contributed by atoms with Crippen molar-refractivity contribution in [3.8, 4) is 5.75 Å². The van der Waals surface area contributed by atoms with Crippen LogP contribution in [-0.2, 0) is 19.3 Å². The second kappa shape index (κ2) is 7.84. The van der Waals surface area contributed by atoms with Crippen LogP contribution in [0.2, 0.25) is 0 Å². The zero-order valence-corrected chi connectivity index (χ0v) is 17.7. The number of hydrogen-bond donors (Lipinski definition) is 2. The maximum Gasteiger partial charge on any atom is 0.119 e. The zero-order valence-electron chi connectivity index (χ0n) is 17.7. The summed E-state index contributed by atoms with van der Waals surface area (Å²) in [6.45, 7) is 6.40. The summed E-state index contributed by atoms with van der Waals surface area (Å²) in [5.41, 5.74) is 6.79. The van der Waals surface area contributed by atoms with Crippen LogP contribution in [0.25, 0.3) is 10.9 Å². The summed E-state index contributed by atoms with van der Waals surface area (Å²) in [6.07, 6.45) is 4.38. The van der Waals surface area contributed by atoms with Crippen molar-refractivity contribution in [2.75, 3.05) is 26.7 Å². The molecule has 0 bridgehead atoms. The van der Waals surface area contributed by atoms with Gasteiger partial charge in [-0.15, -0.1) is 0 Å². The van der Waals surface area contributed by atoms with Crippen LogP contribution in [0.5, 0.6) is 5.75 Å². The van der Waals surface area contributed by atoms with Gasteiger partial charge >= 0.3 is 0 Å². The van der Waals surface area contributed by atoms with E-state index in [1.54, 1.807) is 7.11 Å². The van der Waals surface area contributed by atoms with E-state index >= 15 is 0 Å². The fourth-order valence-corrected chi connectivity index (χ4v) is 5.48. The molecule has 4 nitrogen and oxygen atoms in total. The molecule has 1 fully saturated rings. The lowest BCUT2D eigenvalue weighted by atomic mass is 9.74. The number of rotatable bonds is 5. The maximum atomic E-state index is 9.58. The summed E-state index contributed by atoms with van der Waals surface area (Å²) in [5, 5.41) is 11.0. The van der Waals surface area contributed by atoms with E-state index in [0.29, 0.717) is 12.5 Å². The second-order valence-electron chi connectivity index (χ2n) is 9.01. The molecule has 1 saturated heterocycles. The lowest BCUT2D eigenvalue weighted by molar-refractivity contribution is 0.110. The Labute approximate surface area is 178 Å². The van der Waals surface area contributed by atoms with Gasteiger partial charge in [-0.1, -0.05) is 30.8 Å². The molecular formula is C26H30N2O2. The average molecular weight is 403 g/mol. The Kier molecular flexibility index (Phi) is 5.03. The molecule has 2 atom stereocenters. The summed E-state index contributed by atoms with van der Waals surface area (Å²) in [7, 11) is 1.71. The summed E-state index contributed by atoms with van der Waals surface area (Å²) in [5.74, 6) is 2.59. The summed E-state index contributed by atoms with van der Waals surface area (Å²) in [4.78, 5) is 6.11. The largest absolute Gasteiger partial charge is 0.512 e. The topological polar surface area (TPSA) is 48.5 Å². The van der Waals surface area contributed by atoms with Gasteiger partial charge in [0.1, 0.15) is 5.75 Å². The second-order valence-corrected chi connectivity index (χ2v) is 9.01. The van der Waals surface area contributed by atoms with Gasteiger partial charge in [0.05, 0.1) is 19.4 Å². The molecule has 4 heteroatoms. The first-order valence-corrected chi connectivity index (χ1v) is 10.9. The fourth-order valence-electron chi connectivity index (χ4n) is 5.48. The summed E-state index contributed by atoms with van der Waals surface area (Å²) < 4.78 is 5.36. The van der Waals surface area contributed by atoms with Crippen LogP contribution >= 0.6 is 0 Å². The van der Waals surface area contributed by atoms with E-state index in [1.807, 2.05) is 6.07 Å². The molecule has 0 radical (unpaired) electrons. The highest BCUT2D eigenvalue weighted by Gasteiger charge is 2.35. The molecular weight excluding hydrogens is 372 g/mol. The maximum absolute atomic E-state index is 9.58. The molecule has 0 amide bonds. The molecule has 3 aromatic rings. The van der Waals surface area contributed by atoms with Crippen LogP contribution in [0.3, 0.4) is 0 Å². The van der Waals surface area contributed by atoms with Crippen LogP contribution in [-0.4, -0.2) is 41.7 Å². The van der Waals surface area contributed by atoms with Crippen LogP contribution < -0.4 is 4.74 Å². The number of ether oxygens (including phenoxy) is 1. The van der Waals surface area contributed by atoms with E-state index in [0.717, 1.165) is 44.0 Å². The van der Waals surface area contributed by atoms with Crippen LogP contribution in [0.1, 0.15) is 28.8 Å². The molecule has 1 aromatic heterocycles. The first-order valence-electron chi connectivity index (χ1n) is 10.9. The number of piperidine rings is 1. The summed E-state index contributed by atoms with van der Waals surface area (Å²) in [6, 6.07) is 15.2. The number of fused-ring (bicyclic) bond motifs is 4. The molecule has 0 saturated carbocycles.